The van der Waals surface area contributed by atoms with Crippen LogP contribution in [-0.2, 0) is 23.8 Å². The minimum Gasteiger partial charge on any atom is -0.458 e. The Morgan fingerprint density at radius 2 is 2.15 bits per heavy atom. The smallest absolute Gasteiger partial charge is 0.334 e. The van der Waals surface area contributed by atoms with Crippen molar-refractivity contribution in [2.45, 2.75) is 56.7 Å². The Hall–Kier alpha value is -1.96. The van der Waals surface area contributed by atoms with Crippen LogP contribution in [-0.4, -0.2) is 58.3 Å². The number of hydrogen-bond acceptors (Lipinski definition) is 7. The minimum absolute atomic E-state index is 0.162. The van der Waals surface area contributed by atoms with E-state index in [0.29, 0.717) is 17.8 Å². The summed E-state index contributed by atoms with van der Waals surface area (Å²) in [6.45, 7) is 9.23. The van der Waals surface area contributed by atoms with Crippen LogP contribution in [0.1, 0.15) is 27.2 Å². The molecule has 146 valence electrons. The summed E-state index contributed by atoms with van der Waals surface area (Å²) >= 11 is 0. The first-order valence-electron chi connectivity index (χ1n) is 9.12. The molecule has 1 spiro atoms. The monoisotopic (exact) mass is 376 g/mol. The predicted octanol–water partition coefficient (Wildman–Crippen LogP) is 0.803. The first-order chi connectivity index (χ1) is 12.7. The Kier molecular flexibility index (Phi) is 3.93. The van der Waals surface area contributed by atoms with Gasteiger partial charge in [-0.1, -0.05) is 18.7 Å². The van der Waals surface area contributed by atoms with Crippen LogP contribution < -0.4 is 0 Å². The van der Waals surface area contributed by atoms with E-state index in [9.17, 15) is 19.8 Å². The normalized spacial score (nSPS) is 45.7. The van der Waals surface area contributed by atoms with Crippen LogP contribution in [0.3, 0.4) is 0 Å². The van der Waals surface area contributed by atoms with Crippen LogP contribution in [0.5, 0.6) is 0 Å². The largest absolute Gasteiger partial charge is 0.458 e. The minimum atomic E-state index is -1.60. The SMILES string of the molecule is C=C1C(=O)O[C@H]2[C@H]1[C@H](OC(=O)/C(C)=C\C)C[C@]1(CO1)[C@@H]1[C@H](O)C=C(C)[C@]21O. The summed E-state index contributed by atoms with van der Waals surface area (Å²) in [5.41, 5.74) is -1.33. The first kappa shape index (κ1) is 18.4. The molecular formula is C20H24O7. The van der Waals surface area contributed by atoms with E-state index in [1.807, 2.05) is 0 Å². The molecule has 2 saturated heterocycles. The van der Waals surface area contributed by atoms with E-state index >= 15 is 0 Å². The van der Waals surface area contributed by atoms with Crippen molar-refractivity contribution >= 4 is 11.9 Å². The van der Waals surface area contributed by atoms with Gasteiger partial charge in [0.05, 0.1) is 24.5 Å². The van der Waals surface area contributed by atoms with Crippen LogP contribution in [0.4, 0.5) is 0 Å². The fourth-order valence-electron chi connectivity index (χ4n) is 4.92. The number of carbonyl (C=O) groups excluding carboxylic acids is 2. The highest BCUT2D eigenvalue weighted by atomic mass is 16.6. The van der Waals surface area contributed by atoms with Gasteiger partial charge in [-0.2, -0.15) is 0 Å². The average molecular weight is 376 g/mol. The Balaban J connectivity index is 1.80. The number of rotatable bonds is 2. The summed E-state index contributed by atoms with van der Waals surface area (Å²) in [5.74, 6) is -2.54. The quantitative estimate of drug-likeness (QED) is 0.318. The Labute approximate surface area is 157 Å². The highest BCUT2D eigenvalue weighted by Crippen LogP contribution is 2.59. The summed E-state index contributed by atoms with van der Waals surface area (Å²) in [7, 11) is 0. The maximum atomic E-state index is 12.4. The molecule has 7 heteroatoms. The molecule has 0 aromatic carbocycles. The molecule has 0 amide bonds. The van der Waals surface area contributed by atoms with Crippen molar-refractivity contribution in [2.75, 3.05) is 6.61 Å². The van der Waals surface area contributed by atoms with E-state index in [0.717, 1.165) is 0 Å². The molecule has 0 unspecified atom stereocenters. The van der Waals surface area contributed by atoms with Crippen LogP contribution in [0, 0.1) is 11.8 Å². The molecule has 7 atom stereocenters. The number of carbonyl (C=O) groups is 2. The van der Waals surface area contributed by atoms with Gasteiger partial charge in [-0.25, -0.2) is 9.59 Å². The van der Waals surface area contributed by atoms with Crippen molar-refractivity contribution in [1.82, 2.24) is 0 Å². The molecule has 3 fully saturated rings. The fraction of sp³-hybridized carbons (Fsp3) is 0.600. The van der Waals surface area contributed by atoms with Crippen LogP contribution >= 0.6 is 0 Å². The molecule has 4 rings (SSSR count). The second-order valence-corrected chi connectivity index (χ2v) is 7.99. The topological polar surface area (TPSA) is 106 Å². The lowest BCUT2D eigenvalue weighted by Gasteiger charge is -2.39. The summed E-state index contributed by atoms with van der Waals surface area (Å²) in [6.07, 6.45) is 0.770. The summed E-state index contributed by atoms with van der Waals surface area (Å²) in [6, 6.07) is 0. The molecule has 2 heterocycles. The van der Waals surface area contributed by atoms with E-state index in [1.54, 1.807) is 32.9 Å². The van der Waals surface area contributed by atoms with Gasteiger partial charge in [-0.3, -0.25) is 0 Å². The first-order valence-corrected chi connectivity index (χ1v) is 9.12. The Bertz CT molecular complexity index is 790. The van der Waals surface area contributed by atoms with Crippen LogP contribution in [0.25, 0.3) is 0 Å². The van der Waals surface area contributed by atoms with Gasteiger partial charge < -0.3 is 24.4 Å². The van der Waals surface area contributed by atoms with E-state index < -0.39 is 53.3 Å². The summed E-state index contributed by atoms with van der Waals surface area (Å²) in [4.78, 5) is 24.7. The summed E-state index contributed by atoms with van der Waals surface area (Å²) < 4.78 is 16.9. The lowest BCUT2D eigenvalue weighted by molar-refractivity contribution is -0.162. The third-order valence-electron chi connectivity index (χ3n) is 6.57. The molecule has 0 radical (unpaired) electrons. The fourth-order valence-corrected chi connectivity index (χ4v) is 4.92. The summed E-state index contributed by atoms with van der Waals surface area (Å²) in [5, 5.41) is 22.3. The number of hydrogen-bond donors (Lipinski definition) is 2. The zero-order valence-corrected chi connectivity index (χ0v) is 15.6. The van der Waals surface area contributed by atoms with Crippen molar-refractivity contribution in [2.24, 2.45) is 11.8 Å². The van der Waals surface area contributed by atoms with Gasteiger partial charge in [-0.05, 0) is 26.3 Å². The number of fused-ring (bicyclic) bond motifs is 4. The zero-order valence-electron chi connectivity index (χ0n) is 15.6. The standard InChI is InChI=1S/C20H24O7/c1-5-9(2)17(22)26-13-7-19(8-25-19)15-12(21)6-10(3)20(15,24)16-14(13)11(4)18(23)27-16/h5-6,12-16,21,24H,4,7-8H2,1-3H3/b9-5-/t12-,13-,14-,15+,16+,19+,20-/m1/s1. The number of allylic oxidation sites excluding steroid dienone is 1. The molecule has 0 bridgehead atoms. The molecule has 7 nitrogen and oxygen atoms in total. The molecule has 2 aliphatic heterocycles. The van der Waals surface area contributed by atoms with E-state index in [-0.39, 0.29) is 12.0 Å². The van der Waals surface area contributed by atoms with Crippen molar-refractivity contribution in [3.05, 3.63) is 35.5 Å². The van der Waals surface area contributed by atoms with Gasteiger partial charge >= 0.3 is 11.9 Å². The average Bonchev–Trinajstić information content (AvgIpc) is 3.26. The second-order valence-electron chi connectivity index (χ2n) is 7.99. The van der Waals surface area contributed by atoms with Gasteiger partial charge in [0.15, 0.2) is 0 Å². The third kappa shape index (κ3) is 2.38. The van der Waals surface area contributed by atoms with Gasteiger partial charge in [0.2, 0.25) is 0 Å². The molecule has 2 N–H and O–H groups in total. The highest BCUT2D eigenvalue weighted by molar-refractivity contribution is 5.92. The van der Waals surface area contributed by atoms with Crippen molar-refractivity contribution < 1.29 is 34.0 Å². The van der Waals surface area contributed by atoms with E-state index in [1.165, 1.54) is 0 Å². The molecule has 27 heavy (non-hydrogen) atoms. The molecule has 1 saturated carbocycles. The zero-order chi connectivity index (χ0) is 19.7. The Morgan fingerprint density at radius 1 is 1.48 bits per heavy atom. The molecule has 0 aromatic rings. The van der Waals surface area contributed by atoms with Crippen molar-refractivity contribution in [1.29, 1.82) is 0 Å². The number of epoxide rings is 1. The Morgan fingerprint density at radius 3 is 2.74 bits per heavy atom. The van der Waals surface area contributed by atoms with E-state index in [2.05, 4.69) is 6.58 Å². The van der Waals surface area contributed by atoms with Crippen molar-refractivity contribution in [3.63, 3.8) is 0 Å². The maximum absolute atomic E-state index is 12.4. The number of ether oxygens (including phenoxy) is 3. The third-order valence-corrected chi connectivity index (χ3v) is 6.57. The highest BCUT2D eigenvalue weighted by Gasteiger charge is 2.73. The molecule has 4 aliphatic rings. The van der Waals surface area contributed by atoms with Gasteiger partial charge in [0, 0.05) is 17.6 Å². The lowest BCUT2D eigenvalue weighted by Crippen LogP contribution is -2.55. The number of aliphatic hydroxyl groups is 2. The maximum Gasteiger partial charge on any atom is 0.334 e. The molecule has 0 aromatic heterocycles. The predicted molar refractivity (Wildman–Crippen MR) is 93.3 cm³/mol. The van der Waals surface area contributed by atoms with Crippen molar-refractivity contribution in [3.8, 4) is 0 Å². The van der Waals surface area contributed by atoms with Gasteiger partial charge in [-0.15, -0.1) is 0 Å². The number of esters is 2. The number of aliphatic hydroxyl groups excluding tert-OH is 1. The molecular weight excluding hydrogens is 352 g/mol. The lowest BCUT2D eigenvalue weighted by atomic mass is 9.73. The van der Waals surface area contributed by atoms with Gasteiger partial charge in [0.1, 0.15) is 23.4 Å². The van der Waals surface area contributed by atoms with Gasteiger partial charge in [0.25, 0.3) is 0 Å². The molecule has 2 aliphatic carbocycles. The van der Waals surface area contributed by atoms with Crippen LogP contribution in [0.2, 0.25) is 0 Å². The second kappa shape index (κ2) is 5.77. The van der Waals surface area contributed by atoms with E-state index in [4.69, 9.17) is 14.2 Å². The van der Waals surface area contributed by atoms with Crippen LogP contribution in [0.15, 0.2) is 35.5 Å².